The van der Waals surface area contributed by atoms with Crippen LogP contribution in [0.4, 0.5) is 0 Å². The molecule has 0 spiro atoms. The largest absolute Gasteiger partial charge is 0.394 e. The molecule has 1 fully saturated rings. The van der Waals surface area contributed by atoms with Crippen LogP contribution < -0.4 is 0 Å². The van der Waals surface area contributed by atoms with E-state index >= 15 is 0 Å². The molecule has 0 saturated carbocycles. The molecule has 0 bridgehead atoms. The Hall–Kier alpha value is 0.110. The van der Waals surface area contributed by atoms with Crippen LogP contribution in [0.2, 0.25) is 0 Å². The zero-order valence-corrected chi connectivity index (χ0v) is 9.01. The molecule has 1 aliphatic heterocycles. The Morgan fingerprint density at radius 2 is 2.00 bits per heavy atom. The summed E-state index contributed by atoms with van der Waals surface area (Å²) in [6.45, 7) is -0.898. The highest BCUT2D eigenvalue weighted by molar-refractivity contribution is 7.80. The molecule has 0 amide bonds. The number of hydrogen-bond acceptors (Lipinski definition) is 7. The molecule has 0 aromatic carbocycles. The van der Waals surface area contributed by atoms with Crippen molar-refractivity contribution in [3.05, 3.63) is 0 Å². The summed E-state index contributed by atoms with van der Waals surface area (Å²) < 4.78 is 10.3. The van der Waals surface area contributed by atoms with Gasteiger partial charge in [0.1, 0.15) is 24.9 Å². The highest BCUT2D eigenvalue weighted by Crippen LogP contribution is 2.32. The van der Waals surface area contributed by atoms with Crippen molar-refractivity contribution < 1.29 is 29.9 Å². The molecular weight excluding hydrogens is 224 g/mol. The maximum Gasteiger partial charge on any atom is 0.221 e. The van der Waals surface area contributed by atoms with E-state index < -0.39 is 37.3 Å². The van der Waals surface area contributed by atoms with Crippen molar-refractivity contribution >= 4 is 12.6 Å². The van der Waals surface area contributed by atoms with E-state index in [1.165, 1.54) is 0 Å². The highest BCUT2D eigenvalue weighted by Gasteiger charge is 2.54. The van der Waals surface area contributed by atoms with Gasteiger partial charge in [-0.15, -0.1) is 0 Å². The summed E-state index contributed by atoms with van der Waals surface area (Å²) in [6, 6.07) is 0. The lowest BCUT2D eigenvalue weighted by molar-refractivity contribution is -0.273. The molecule has 0 aromatic rings. The second kappa shape index (κ2) is 5.44. The van der Waals surface area contributed by atoms with Gasteiger partial charge in [-0.3, -0.25) is 0 Å². The van der Waals surface area contributed by atoms with Crippen LogP contribution in [0.1, 0.15) is 0 Å². The maximum atomic E-state index is 9.64. The van der Waals surface area contributed by atoms with Crippen molar-refractivity contribution in [1.29, 1.82) is 0 Å². The first kappa shape index (κ1) is 13.2. The van der Waals surface area contributed by atoms with Gasteiger partial charge in [-0.05, 0) is 0 Å². The molecule has 0 aliphatic carbocycles. The quantitative estimate of drug-likeness (QED) is 0.348. The summed E-state index contributed by atoms with van der Waals surface area (Å²) >= 11 is 3.91. The van der Waals surface area contributed by atoms with Crippen molar-refractivity contribution in [3.8, 4) is 0 Å². The number of aliphatic hydroxyl groups excluding tert-OH is 4. The first-order valence-electron chi connectivity index (χ1n) is 4.61. The second-order valence-corrected chi connectivity index (χ2v) is 3.76. The molecule has 1 saturated heterocycles. The predicted molar refractivity (Wildman–Crippen MR) is 53.6 cm³/mol. The Bertz CT molecular complexity index is 204. The molecule has 6 nitrogen and oxygen atoms in total. The average Bonchev–Trinajstić information content (AvgIpc) is 2.51. The SMILES string of the molecule is OC[C@H]1O[C@@](CO)(OCCS)[C@@H](O)[C@@H]1O. The Morgan fingerprint density at radius 3 is 2.40 bits per heavy atom. The van der Waals surface area contributed by atoms with Gasteiger partial charge in [0.2, 0.25) is 5.79 Å². The van der Waals surface area contributed by atoms with Crippen molar-refractivity contribution in [1.82, 2.24) is 0 Å². The first-order valence-corrected chi connectivity index (χ1v) is 5.25. The third-order valence-electron chi connectivity index (χ3n) is 2.34. The van der Waals surface area contributed by atoms with Crippen molar-refractivity contribution in [2.24, 2.45) is 0 Å². The summed E-state index contributed by atoms with van der Waals surface area (Å²) in [5.41, 5.74) is 0. The molecule has 7 heteroatoms. The van der Waals surface area contributed by atoms with E-state index in [9.17, 15) is 10.2 Å². The van der Waals surface area contributed by atoms with Crippen LogP contribution in [0, 0.1) is 0 Å². The van der Waals surface area contributed by atoms with E-state index in [2.05, 4.69) is 12.6 Å². The summed E-state index contributed by atoms with van der Waals surface area (Å²) in [5, 5.41) is 37.1. The normalized spacial score (nSPS) is 41.0. The Balaban J connectivity index is 2.72. The third-order valence-corrected chi connectivity index (χ3v) is 2.53. The Kier molecular flexibility index (Phi) is 4.78. The third kappa shape index (κ3) is 2.44. The Labute approximate surface area is 92.8 Å². The smallest absolute Gasteiger partial charge is 0.221 e. The van der Waals surface area contributed by atoms with Gasteiger partial charge in [0.15, 0.2) is 0 Å². The fourth-order valence-corrected chi connectivity index (χ4v) is 1.61. The lowest BCUT2D eigenvalue weighted by Gasteiger charge is -2.29. The molecular formula is C8H16O6S. The van der Waals surface area contributed by atoms with E-state index in [0.717, 1.165) is 0 Å². The van der Waals surface area contributed by atoms with E-state index in [4.69, 9.17) is 19.7 Å². The fourth-order valence-electron chi connectivity index (χ4n) is 1.52. The van der Waals surface area contributed by atoms with E-state index in [1.807, 2.05) is 0 Å². The minimum atomic E-state index is -1.66. The lowest BCUT2D eigenvalue weighted by Crippen LogP contribution is -2.49. The number of thiol groups is 1. The summed E-state index contributed by atoms with van der Waals surface area (Å²) in [6.07, 6.45) is -3.62. The molecule has 1 rings (SSSR count). The van der Waals surface area contributed by atoms with Crippen LogP contribution in [0.25, 0.3) is 0 Å². The monoisotopic (exact) mass is 240 g/mol. The van der Waals surface area contributed by atoms with E-state index in [1.54, 1.807) is 0 Å². The van der Waals surface area contributed by atoms with Gasteiger partial charge in [0, 0.05) is 5.75 Å². The van der Waals surface area contributed by atoms with Gasteiger partial charge in [0.25, 0.3) is 0 Å². The van der Waals surface area contributed by atoms with Crippen LogP contribution in [0.15, 0.2) is 0 Å². The van der Waals surface area contributed by atoms with Crippen LogP contribution in [-0.2, 0) is 9.47 Å². The average molecular weight is 240 g/mol. The molecule has 15 heavy (non-hydrogen) atoms. The molecule has 4 atom stereocenters. The van der Waals surface area contributed by atoms with Gasteiger partial charge in [-0.1, -0.05) is 0 Å². The number of aliphatic hydroxyl groups is 4. The van der Waals surface area contributed by atoms with Crippen molar-refractivity contribution in [2.75, 3.05) is 25.6 Å². The maximum absolute atomic E-state index is 9.64. The minimum Gasteiger partial charge on any atom is -0.394 e. The van der Waals surface area contributed by atoms with Crippen LogP contribution in [0.5, 0.6) is 0 Å². The zero-order chi connectivity index (χ0) is 11.5. The van der Waals surface area contributed by atoms with Gasteiger partial charge in [-0.2, -0.15) is 12.6 Å². The molecule has 1 aliphatic rings. The molecule has 0 radical (unpaired) electrons. The van der Waals surface area contributed by atoms with E-state index in [-0.39, 0.29) is 6.61 Å². The van der Waals surface area contributed by atoms with Crippen molar-refractivity contribution in [3.63, 3.8) is 0 Å². The van der Waals surface area contributed by atoms with Crippen LogP contribution in [-0.4, -0.2) is 70.1 Å². The molecule has 4 N–H and O–H groups in total. The summed E-state index contributed by atoms with van der Waals surface area (Å²) in [4.78, 5) is 0. The van der Waals surface area contributed by atoms with E-state index in [0.29, 0.717) is 5.75 Å². The number of rotatable bonds is 5. The lowest BCUT2D eigenvalue weighted by atomic mass is 10.1. The number of hydrogen-bond donors (Lipinski definition) is 5. The summed E-state index contributed by atoms with van der Waals surface area (Å²) in [5.74, 6) is -1.27. The number of ether oxygens (including phenoxy) is 2. The minimum absolute atomic E-state index is 0.158. The standard InChI is InChI=1S/C8H16O6S/c9-3-5-6(11)7(12)8(4-10,14-5)13-1-2-15/h5-7,9-12,15H,1-4H2/t5-,6-,7+,8-/m1/s1. The van der Waals surface area contributed by atoms with Gasteiger partial charge < -0.3 is 29.9 Å². The van der Waals surface area contributed by atoms with Crippen LogP contribution in [0.3, 0.4) is 0 Å². The fraction of sp³-hybridized carbons (Fsp3) is 1.00. The highest BCUT2D eigenvalue weighted by atomic mass is 32.1. The van der Waals surface area contributed by atoms with Gasteiger partial charge in [-0.25, -0.2) is 0 Å². The topological polar surface area (TPSA) is 99.4 Å². The van der Waals surface area contributed by atoms with Crippen LogP contribution >= 0.6 is 12.6 Å². The van der Waals surface area contributed by atoms with Gasteiger partial charge >= 0.3 is 0 Å². The predicted octanol–water partition coefficient (Wildman–Crippen LogP) is -2.27. The molecule has 1 heterocycles. The first-order chi connectivity index (χ1) is 7.11. The zero-order valence-electron chi connectivity index (χ0n) is 8.11. The summed E-state index contributed by atoms with van der Waals surface area (Å²) in [7, 11) is 0. The molecule has 0 aromatic heterocycles. The molecule has 90 valence electrons. The van der Waals surface area contributed by atoms with Crippen molar-refractivity contribution in [2.45, 2.75) is 24.1 Å². The second-order valence-electron chi connectivity index (χ2n) is 3.32. The Morgan fingerprint density at radius 1 is 1.33 bits per heavy atom. The molecule has 0 unspecified atom stereocenters. The van der Waals surface area contributed by atoms with Gasteiger partial charge in [0.05, 0.1) is 13.2 Å².